The summed E-state index contributed by atoms with van der Waals surface area (Å²) < 4.78 is 2.06. The molecule has 0 spiro atoms. The minimum absolute atomic E-state index is 0.451. The van der Waals surface area contributed by atoms with E-state index in [-0.39, 0.29) is 0 Å². The predicted octanol–water partition coefficient (Wildman–Crippen LogP) is 2.43. The van der Waals surface area contributed by atoms with E-state index in [4.69, 9.17) is 0 Å². The summed E-state index contributed by atoms with van der Waals surface area (Å²) in [6.07, 6.45) is 5.86. The van der Waals surface area contributed by atoms with Crippen LogP contribution in [0.4, 0.5) is 0 Å². The van der Waals surface area contributed by atoms with Gasteiger partial charge < -0.3 is 5.32 Å². The van der Waals surface area contributed by atoms with Crippen LogP contribution in [-0.4, -0.2) is 40.4 Å². The molecule has 0 saturated carbocycles. The summed E-state index contributed by atoms with van der Waals surface area (Å²) in [5, 5.41) is 8.13. The van der Waals surface area contributed by atoms with Crippen molar-refractivity contribution in [2.24, 2.45) is 0 Å². The van der Waals surface area contributed by atoms with Gasteiger partial charge >= 0.3 is 0 Å². The first-order chi connectivity index (χ1) is 9.20. The van der Waals surface area contributed by atoms with Crippen LogP contribution in [0.2, 0.25) is 0 Å². The van der Waals surface area contributed by atoms with Crippen molar-refractivity contribution in [3.63, 3.8) is 0 Å². The first kappa shape index (κ1) is 14.5. The van der Waals surface area contributed by atoms with E-state index in [2.05, 4.69) is 53.0 Å². The standard InChI is InChI=1S/C15H28N4/c1-4-10-18(15-5-8-16-9-6-15)12-14-7-11-19(17-14)13(2)3/h7,11,13,15-16H,4-6,8-10,12H2,1-3H3. The van der Waals surface area contributed by atoms with Gasteiger partial charge in [-0.2, -0.15) is 5.10 Å². The van der Waals surface area contributed by atoms with Crippen molar-refractivity contribution < 1.29 is 0 Å². The van der Waals surface area contributed by atoms with Crippen LogP contribution in [0.15, 0.2) is 12.3 Å². The minimum atomic E-state index is 0.451. The first-order valence-corrected chi connectivity index (χ1v) is 7.69. The molecule has 1 aromatic rings. The molecule has 0 aliphatic carbocycles. The number of piperidine rings is 1. The molecule has 108 valence electrons. The predicted molar refractivity (Wildman–Crippen MR) is 79.2 cm³/mol. The molecule has 2 rings (SSSR count). The van der Waals surface area contributed by atoms with Crippen molar-refractivity contribution in [3.05, 3.63) is 18.0 Å². The third kappa shape index (κ3) is 4.05. The molecular weight excluding hydrogens is 236 g/mol. The number of nitrogens with one attached hydrogen (secondary N) is 1. The van der Waals surface area contributed by atoms with Crippen LogP contribution < -0.4 is 5.32 Å². The van der Waals surface area contributed by atoms with E-state index in [1.807, 2.05) is 0 Å². The highest BCUT2D eigenvalue weighted by molar-refractivity contribution is 5.00. The molecule has 4 nitrogen and oxygen atoms in total. The number of aromatic nitrogens is 2. The summed E-state index contributed by atoms with van der Waals surface area (Å²) in [6.45, 7) is 11.1. The van der Waals surface area contributed by atoms with Crippen molar-refractivity contribution in [2.75, 3.05) is 19.6 Å². The fourth-order valence-corrected chi connectivity index (χ4v) is 2.81. The van der Waals surface area contributed by atoms with E-state index < -0.39 is 0 Å². The Bertz CT molecular complexity index is 366. The van der Waals surface area contributed by atoms with Gasteiger partial charge in [-0.25, -0.2) is 0 Å². The number of hydrogen-bond acceptors (Lipinski definition) is 3. The number of hydrogen-bond donors (Lipinski definition) is 1. The van der Waals surface area contributed by atoms with E-state index in [1.54, 1.807) is 0 Å². The third-order valence-corrected chi connectivity index (χ3v) is 3.89. The van der Waals surface area contributed by atoms with Gasteiger partial charge in [0.15, 0.2) is 0 Å². The Labute approximate surface area is 117 Å². The van der Waals surface area contributed by atoms with E-state index in [1.165, 1.54) is 31.5 Å². The Morgan fingerprint density at radius 3 is 2.74 bits per heavy atom. The molecular formula is C15H28N4. The molecule has 1 saturated heterocycles. The Hall–Kier alpha value is -0.870. The quantitative estimate of drug-likeness (QED) is 0.856. The Balaban J connectivity index is 1.98. The number of nitrogens with zero attached hydrogens (tertiary/aromatic N) is 3. The highest BCUT2D eigenvalue weighted by atomic mass is 15.3. The molecule has 0 unspecified atom stereocenters. The fraction of sp³-hybridized carbons (Fsp3) is 0.800. The van der Waals surface area contributed by atoms with Crippen LogP contribution in [0.25, 0.3) is 0 Å². The topological polar surface area (TPSA) is 33.1 Å². The zero-order valence-corrected chi connectivity index (χ0v) is 12.6. The minimum Gasteiger partial charge on any atom is -0.317 e. The maximum absolute atomic E-state index is 4.69. The first-order valence-electron chi connectivity index (χ1n) is 7.69. The van der Waals surface area contributed by atoms with E-state index in [0.717, 1.165) is 25.7 Å². The van der Waals surface area contributed by atoms with Gasteiger partial charge in [-0.1, -0.05) is 6.92 Å². The molecule has 0 amide bonds. The van der Waals surface area contributed by atoms with Gasteiger partial charge in [0, 0.05) is 24.8 Å². The van der Waals surface area contributed by atoms with Crippen molar-refractivity contribution in [2.45, 2.75) is 58.7 Å². The lowest BCUT2D eigenvalue weighted by molar-refractivity contribution is 0.152. The molecule has 1 aliphatic rings. The summed E-state index contributed by atoms with van der Waals surface area (Å²) >= 11 is 0. The summed E-state index contributed by atoms with van der Waals surface area (Å²) in [4.78, 5) is 2.62. The van der Waals surface area contributed by atoms with Gasteiger partial charge in [0.25, 0.3) is 0 Å². The normalized spacial score (nSPS) is 17.5. The van der Waals surface area contributed by atoms with Crippen molar-refractivity contribution in [3.8, 4) is 0 Å². The fourth-order valence-electron chi connectivity index (χ4n) is 2.81. The zero-order valence-electron chi connectivity index (χ0n) is 12.6. The second-order valence-electron chi connectivity index (χ2n) is 5.83. The van der Waals surface area contributed by atoms with Gasteiger partial charge in [-0.15, -0.1) is 0 Å². The zero-order chi connectivity index (χ0) is 13.7. The van der Waals surface area contributed by atoms with E-state index >= 15 is 0 Å². The van der Waals surface area contributed by atoms with Crippen molar-refractivity contribution >= 4 is 0 Å². The lowest BCUT2D eigenvalue weighted by Crippen LogP contribution is -2.43. The molecule has 0 atom stereocenters. The summed E-state index contributed by atoms with van der Waals surface area (Å²) in [6, 6.07) is 3.35. The van der Waals surface area contributed by atoms with Crippen LogP contribution >= 0.6 is 0 Å². The maximum atomic E-state index is 4.69. The second-order valence-corrected chi connectivity index (χ2v) is 5.83. The summed E-state index contributed by atoms with van der Waals surface area (Å²) in [7, 11) is 0. The van der Waals surface area contributed by atoms with Crippen LogP contribution in [0.5, 0.6) is 0 Å². The highest BCUT2D eigenvalue weighted by Gasteiger charge is 2.21. The van der Waals surface area contributed by atoms with Gasteiger partial charge in [-0.3, -0.25) is 9.58 Å². The molecule has 1 aromatic heterocycles. The Morgan fingerprint density at radius 2 is 2.16 bits per heavy atom. The van der Waals surface area contributed by atoms with Crippen LogP contribution in [0.1, 0.15) is 51.8 Å². The lowest BCUT2D eigenvalue weighted by atomic mass is 10.0. The molecule has 1 fully saturated rings. The molecule has 0 bridgehead atoms. The van der Waals surface area contributed by atoms with Gasteiger partial charge in [0.05, 0.1) is 5.69 Å². The van der Waals surface area contributed by atoms with Crippen molar-refractivity contribution in [1.82, 2.24) is 20.0 Å². The third-order valence-electron chi connectivity index (χ3n) is 3.89. The Morgan fingerprint density at radius 1 is 1.42 bits per heavy atom. The highest BCUT2D eigenvalue weighted by Crippen LogP contribution is 2.16. The lowest BCUT2D eigenvalue weighted by Gasteiger charge is -2.34. The summed E-state index contributed by atoms with van der Waals surface area (Å²) in [5.41, 5.74) is 1.21. The molecule has 0 aromatic carbocycles. The largest absolute Gasteiger partial charge is 0.317 e. The second kappa shape index (κ2) is 7.06. The van der Waals surface area contributed by atoms with Gasteiger partial charge in [0.1, 0.15) is 0 Å². The van der Waals surface area contributed by atoms with Gasteiger partial charge in [-0.05, 0) is 58.8 Å². The van der Waals surface area contributed by atoms with E-state index in [9.17, 15) is 0 Å². The van der Waals surface area contributed by atoms with Gasteiger partial charge in [0.2, 0.25) is 0 Å². The van der Waals surface area contributed by atoms with E-state index in [0.29, 0.717) is 6.04 Å². The Kier molecular flexibility index (Phi) is 5.40. The van der Waals surface area contributed by atoms with Crippen LogP contribution in [0, 0.1) is 0 Å². The molecule has 19 heavy (non-hydrogen) atoms. The van der Waals surface area contributed by atoms with Crippen molar-refractivity contribution in [1.29, 1.82) is 0 Å². The average molecular weight is 264 g/mol. The number of rotatable bonds is 6. The molecule has 0 radical (unpaired) electrons. The summed E-state index contributed by atoms with van der Waals surface area (Å²) in [5.74, 6) is 0. The molecule has 1 aliphatic heterocycles. The SMILES string of the molecule is CCCN(Cc1ccn(C(C)C)n1)C1CCNCC1. The molecule has 1 N–H and O–H groups in total. The smallest absolute Gasteiger partial charge is 0.0764 e. The van der Waals surface area contributed by atoms with Crippen LogP contribution in [0.3, 0.4) is 0 Å². The monoisotopic (exact) mass is 264 g/mol. The van der Waals surface area contributed by atoms with Crippen LogP contribution in [-0.2, 0) is 6.54 Å². The maximum Gasteiger partial charge on any atom is 0.0764 e. The molecule has 2 heterocycles. The average Bonchev–Trinajstić information content (AvgIpc) is 2.88. The molecule has 4 heteroatoms.